The minimum absolute atomic E-state index is 0.216. The van der Waals surface area contributed by atoms with Gasteiger partial charge in [-0.2, -0.15) is 0 Å². The third-order valence-electron chi connectivity index (χ3n) is 5.31. The summed E-state index contributed by atoms with van der Waals surface area (Å²) < 4.78 is 15.8. The standard InChI is InChI=1S/C24H28N2O5/c1-16-11-21(29-3)22(30-4)12-18(16)14-26(2)23(27)15-31-24(28)10-9-17-13-25-20-8-6-5-7-19(17)20/h5-8,11-13,25H,9-10,14-15H2,1-4H3. The monoisotopic (exact) mass is 424 g/mol. The van der Waals surface area contributed by atoms with Gasteiger partial charge in [-0.25, -0.2) is 0 Å². The number of aromatic amines is 1. The zero-order chi connectivity index (χ0) is 22.4. The number of rotatable bonds is 9. The molecule has 31 heavy (non-hydrogen) atoms. The Morgan fingerprint density at radius 1 is 1.03 bits per heavy atom. The molecule has 7 heteroatoms. The summed E-state index contributed by atoms with van der Waals surface area (Å²) in [5.41, 5.74) is 4.00. The van der Waals surface area contributed by atoms with Gasteiger partial charge >= 0.3 is 5.97 Å². The van der Waals surface area contributed by atoms with E-state index in [-0.39, 0.29) is 18.9 Å². The fourth-order valence-corrected chi connectivity index (χ4v) is 3.44. The molecule has 0 aliphatic carbocycles. The number of carbonyl (C=O) groups excluding carboxylic acids is 2. The zero-order valence-corrected chi connectivity index (χ0v) is 18.4. The van der Waals surface area contributed by atoms with Gasteiger partial charge in [-0.3, -0.25) is 9.59 Å². The van der Waals surface area contributed by atoms with Gasteiger partial charge in [0.15, 0.2) is 18.1 Å². The number of nitrogens with zero attached hydrogens (tertiary/aromatic N) is 1. The number of ether oxygens (including phenoxy) is 3. The number of nitrogens with one attached hydrogen (secondary N) is 1. The second-order valence-electron chi connectivity index (χ2n) is 7.40. The molecule has 0 radical (unpaired) electrons. The molecule has 0 saturated carbocycles. The predicted octanol–water partition coefficient (Wildman–Crippen LogP) is 3.63. The molecule has 0 aliphatic heterocycles. The van der Waals surface area contributed by atoms with Gasteiger partial charge < -0.3 is 24.1 Å². The number of esters is 1. The Kier molecular flexibility index (Phi) is 7.18. The van der Waals surface area contributed by atoms with Gasteiger partial charge in [0.1, 0.15) is 0 Å². The van der Waals surface area contributed by atoms with Crippen molar-refractivity contribution in [3.63, 3.8) is 0 Å². The molecule has 0 fully saturated rings. The van der Waals surface area contributed by atoms with E-state index in [4.69, 9.17) is 14.2 Å². The Hall–Kier alpha value is -3.48. The van der Waals surface area contributed by atoms with Crippen LogP contribution in [0.3, 0.4) is 0 Å². The van der Waals surface area contributed by atoms with Crippen LogP contribution in [-0.4, -0.2) is 49.6 Å². The third-order valence-corrected chi connectivity index (χ3v) is 5.31. The molecule has 0 aliphatic rings. The maximum Gasteiger partial charge on any atom is 0.306 e. The predicted molar refractivity (Wildman–Crippen MR) is 118 cm³/mol. The van der Waals surface area contributed by atoms with Gasteiger partial charge in [0.2, 0.25) is 0 Å². The highest BCUT2D eigenvalue weighted by atomic mass is 16.5. The van der Waals surface area contributed by atoms with E-state index in [1.54, 1.807) is 21.3 Å². The quantitative estimate of drug-likeness (QED) is 0.531. The van der Waals surface area contributed by atoms with E-state index < -0.39 is 5.97 Å². The maximum atomic E-state index is 12.4. The largest absolute Gasteiger partial charge is 0.493 e. The molecule has 0 saturated heterocycles. The molecule has 3 rings (SSSR count). The van der Waals surface area contributed by atoms with Crippen molar-refractivity contribution in [2.75, 3.05) is 27.9 Å². The van der Waals surface area contributed by atoms with Crippen molar-refractivity contribution in [1.29, 1.82) is 0 Å². The lowest BCUT2D eigenvalue weighted by molar-refractivity contribution is -0.151. The fourth-order valence-electron chi connectivity index (χ4n) is 3.44. The van der Waals surface area contributed by atoms with Crippen molar-refractivity contribution in [2.24, 2.45) is 0 Å². The SMILES string of the molecule is COc1cc(C)c(CN(C)C(=O)COC(=O)CCc2c[nH]c3ccccc23)cc1OC. The summed E-state index contributed by atoms with van der Waals surface area (Å²) in [6.07, 6.45) is 2.67. The van der Waals surface area contributed by atoms with Crippen LogP contribution in [0.15, 0.2) is 42.6 Å². The van der Waals surface area contributed by atoms with Gasteiger partial charge in [-0.05, 0) is 48.2 Å². The Balaban J connectivity index is 1.50. The number of H-pyrrole nitrogens is 1. The lowest BCUT2D eigenvalue weighted by atomic mass is 10.1. The molecule has 0 spiro atoms. The molecular formula is C24H28N2O5. The molecule has 3 aromatic rings. The summed E-state index contributed by atoms with van der Waals surface area (Å²) >= 11 is 0. The first kappa shape index (κ1) is 22.2. The summed E-state index contributed by atoms with van der Waals surface area (Å²) in [7, 11) is 4.83. The number of fused-ring (bicyclic) bond motifs is 1. The average Bonchev–Trinajstić information content (AvgIpc) is 3.20. The number of carbonyl (C=O) groups is 2. The second kappa shape index (κ2) is 10.0. The first-order chi connectivity index (χ1) is 14.9. The van der Waals surface area contributed by atoms with Gasteiger partial charge in [0.25, 0.3) is 5.91 Å². The molecule has 1 amide bonds. The highest BCUT2D eigenvalue weighted by molar-refractivity contribution is 5.84. The highest BCUT2D eigenvalue weighted by Gasteiger charge is 2.16. The number of aryl methyl sites for hydroxylation is 2. The van der Waals surface area contributed by atoms with Crippen molar-refractivity contribution in [1.82, 2.24) is 9.88 Å². The van der Waals surface area contributed by atoms with Crippen LogP contribution < -0.4 is 9.47 Å². The number of hydrogen-bond donors (Lipinski definition) is 1. The van der Waals surface area contributed by atoms with E-state index in [1.165, 1.54) is 4.90 Å². The molecule has 1 heterocycles. The number of methoxy groups -OCH3 is 2. The molecular weight excluding hydrogens is 396 g/mol. The lowest BCUT2D eigenvalue weighted by Crippen LogP contribution is -2.31. The van der Waals surface area contributed by atoms with Gasteiger partial charge in [-0.1, -0.05) is 18.2 Å². The number of amides is 1. The van der Waals surface area contributed by atoms with Crippen LogP contribution in [0.5, 0.6) is 11.5 Å². The van der Waals surface area contributed by atoms with Crippen LogP contribution in [-0.2, 0) is 27.3 Å². The van der Waals surface area contributed by atoms with Crippen molar-refractivity contribution < 1.29 is 23.8 Å². The molecule has 0 unspecified atom stereocenters. The molecule has 164 valence electrons. The summed E-state index contributed by atoms with van der Waals surface area (Å²) in [4.78, 5) is 29.3. The first-order valence-corrected chi connectivity index (χ1v) is 10.1. The molecule has 1 aromatic heterocycles. The van der Waals surface area contributed by atoms with Crippen molar-refractivity contribution >= 4 is 22.8 Å². The van der Waals surface area contributed by atoms with Crippen LogP contribution in [0.4, 0.5) is 0 Å². The van der Waals surface area contributed by atoms with Crippen molar-refractivity contribution in [3.05, 3.63) is 59.3 Å². The molecule has 0 bridgehead atoms. The Labute approximate surface area is 181 Å². The lowest BCUT2D eigenvalue weighted by Gasteiger charge is -2.20. The summed E-state index contributed by atoms with van der Waals surface area (Å²) in [5, 5.41) is 1.09. The molecule has 0 atom stereocenters. The Morgan fingerprint density at radius 2 is 1.74 bits per heavy atom. The Morgan fingerprint density at radius 3 is 2.48 bits per heavy atom. The van der Waals surface area contributed by atoms with Crippen molar-refractivity contribution in [3.8, 4) is 11.5 Å². The number of hydrogen-bond acceptors (Lipinski definition) is 5. The molecule has 2 aromatic carbocycles. The van der Waals surface area contributed by atoms with Crippen LogP contribution in [0, 0.1) is 6.92 Å². The van der Waals surface area contributed by atoms with Gasteiger partial charge in [-0.15, -0.1) is 0 Å². The van der Waals surface area contributed by atoms with Crippen LogP contribution >= 0.6 is 0 Å². The van der Waals surface area contributed by atoms with Crippen LogP contribution in [0.25, 0.3) is 10.9 Å². The van der Waals surface area contributed by atoms with E-state index in [1.807, 2.05) is 49.5 Å². The molecule has 1 N–H and O–H groups in total. The number of para-hydroxylation sites is 1. The topological polar surface area (TPSA) is 80.9 Å². The molecule has 7 nitrogen and oxygen atoms in total. The second-order valence-corrected chi connectivity index (χ2v) is 7.40. The maximum absolute atomic E-state index is 12.4. The average molecular weight is 424 g/mol. The normalized spacial score (nSPS) is 10.7. The first-order valence-electron chi connectivity index (χ1n) is 10.1. The van der Waals surface area contributed by atoms with E-state index in [2.05, 4.69) is 4.98 Å². The summed E-state index contributed by atoms with van der Waals surface area (Å²) in [5.74, 6) is 0.582. The Bertz CT molecular complexity index is 1070. The minimum atomic E-state index is -0.394. The summed E-state index contributed by atoms with van der Waals surface area (Å²) in [6, 6.07) is 11.7. The van der Waals surface area contributed by atoms with Crippen molar-refractivity contribution in [2.45, 2.75) is 26.3 Å². The third kappa shape index (κ3) is 5.36. The fraction of sp³-hybridized carbons (Fsp3) is 0.333. The number of likely N-dealkylation sites (N-methyl/N-ethyl adjacent to an activating group) is 1. The minimum Gasteiger partial charge on any atom is -0.493 e. The van der Waals surface area contributed by atoms with Gasteiger partial charge in [0.05, 0.1) is 14.2 Å². The smallest absolute Gasteiger partial charge is 0.306 e. The van der Waals surface area contributed by atoms with Crippen LogP contribution in [0.1, 0.15) is 23.1 Å². The van der Waals surface area contributed by atoms with Gasteiger partial charge in [0, 0.05) is 37.1 Å². The van der Waals surface area contributed by atoms with E-state index in [0.717, 1.165) is 27.6 Å². The van der Waals surface area contributed by atoms with E-state index in [0.29, 0.717) is 24.5 Å². The number of benzene rings is 2. The van der Waals surface area contributed by atoms with E-state index in [9.17, 15) is 9.59 Å². The highest BCUT2D eigenvalue weighted by Crippen LogP contribution is 2.30. The number of aromatic nitrogens is 1. The van der Waals surface area contributed by atoms with E-state index >= 15 is 0 Å². The summed E-state index contributed by atoms with van der Waals surface area (Å²) in [6.45, 7) is 2.04. The van der Waals surface area contributed by atoms with Crippen LogP contribution in [0.2, 0.25) is 0 Å². The zero-order valence-electron chi connectivity index (χ0n) is 18.4.